The number of urea groups is 1. The molecule has 0 bridgehead atoms. The Morgan fingerprint density at radius 1 is 1.29 bits per heavy atom. The van der Waals surface area contributed by atoms with Crippen LogP contribution in [0.25, 0.3) is 0 Å². The minimum atomic E-state index is -0.878. The second-order valence-electron chi connectivity index (χ2n) is 6.22. The largest absolute Gasteiger partial charge is 0.481 e. The van der Waals surface area contributed by atoms with Gasteiger partial charge in [-0.15, -0.1) is 0 Å². The first-order chi connectivity index (χ1) is 10.1. The van der Waals surface area contributed by atoms with Gasteiger partial charge in [-0.2, -0.15) is 0 Å². The molecule has 1 aromatic carbocycles. The number of nitrogens with one attached hydrogen (secondary N) is 2. The summed E-state index contributed by atoms with van der Waals surface area (Å²) >= 11 is 0. The predicted octanol–water partition coefficient (Wildman–Crippen LogP) is 2.63. The molecule has 2 amide bonds. The Morgan fingerprint density at radius 3 is 2.67 bits per heavy atom. The zero-order chi connectivity index (χ0) is 14.9. The number of anilines is 1. The molecule has 5 nitrogen and oxygen atoms in total. The number of rotatable bonds is 6. The fraction of sp³-hybridized carbons (Fsp3) is 0.500. The Kier molecular flexibility index (Phi) is 3.57. The van der Waals surface area contributed by atoms with E-state index in [1.54, 1.807) is 24.3 Å². The molecule has 3 N–H and O–H groups in total. The molecule has 3 rings (SSSR count). The second kappa shape index (κ2) is 5.39. The van der Waals surface area contributed by atoms with Crippen molar-refractivity contribution in [1.82, 2.24) is 5.32 Å². The van der Waals surface area contributed by atoms with E-state index in [0.717, 1.165) is 12.5 Å². The fourth-order valence-corrected chi connectivity index (χ4v) is 2.95. The van der Waals surface area contributed by atoms with E-state index in [-0.39, 0.29) is 12.5 Å². The SMILES string of the molecule is O=C(O)Cc1cccc(NC(=O)NCC2(C3CC3)CC2)c1. The van der Waals surface area contributed by atoms with E-state index in [1.165, 1.54) is 25.7 Å². The predicted molar refractivity (Wildman–Crippen MR) is 79.2 cm³/mol. The molecule has 0 atom stereocenters. The molecule has 112 valence electrons. The van der Waals surface area contributed by atoms with Crippen LogP contribution in [0.3, 0.4) is 0 Å². The maximum absolute atomic E-state index is 11.9. The van der Waals surface area contributed by atoms with Gasteiger partial charge in [0.05, 0.1) is 6.42 Å². The third kappa shape index (κ3) is 3.54. The molecule has 0 aromatic heterocycles. The smallest absolute Gasteiger partial charge is 0.319 e. The highest BCUT2D eigenvalue weighted by atomic mass is 16.4. The summed E-state index contributed by atoms with van der Waals surface area (Å²) in [6.07, 6.45) is 5.03. The van der Waals surface area contributed by atoms with Gasteiger partial charge in [0, 0.05) is 12.2 Å². The molecule has 2 aliphatic carbocycles. The van der Waals surface area contributed by atoms with Gasteiger partial charge in [-0.1, -0.05) is 12.1 Å². The van der Waals surface area contributed by atoms with E-state index in [2.05, 4.69) is 10.6 Å². The molecule has 0 aliphatic heterocycles. The molecule has 0 unspecified atom stereocenters. The van der Waals surface area contributed by atoms with Crippen molar-refractivity contribution < 1.29 is 14.7 Å². The molecule has 5 heteroatoms. The topological polar surface area (TPSA) is 78.4 Å². The van der Waals surface area contributed by atoms with Crippen LogP contribution in [0.5, 0.6) is 0 Å². The van der Waals surface area contributed by atoms with Gasteiger partial charge in [-0.05, 0) is 54.7 Å². The van der Waals surface area contributed by atoms with Crippen LogP contribution in [-0.4, -0.2) is 23.7 Å². The Labute approximate surface area is 123 Å². The minimum Gasteiger partial charge on any atom is -0.481 e. The number of amides is 2. The van der Waals surface area contributed by atoms with E-state index < -0.39 is 5.97 Å². The Balaban J connectivity index is 1.51. The molecule has 0 spiro atoms. The van der Waals surface area contributed by atoms with Crippen molar-refractivity contribution in [2.24, 2.45) is 11.3 Å². The van der Waals surface area contributed by atoms with E-state index in [0.29, 0.717) is 16.7 Å². The Morgan fingerprint density at radius 2 is 2.05 bits per heavy atom. The number of aliphatic carboxylic acids is 1. The maximum Gasteiger partial charge on any atom is 0.319 e. The Hall–Kier alpha value is -2.04. The Bertz CT molecular complexity index is 562. The number of carbonyl (C=O) groups excluding carboxylic acids is 1. The first-order valence-electron chi connectivity index (χ1n) is 7.43. The maximum atomic E-state index is 11.9. The van der Waals surface area contributed by atoms with Gasteiger partial charge < -0.3 is 15.7 Å². The van der Waals surface area contributed by atoms with Crippen LogP contribution in [0.1, 0.15) is 31.2 Å². The highest BCUT2D eigenvalue weighted by Gasteiger charge is 2.53. The molecule has 2 saturated carbocycles. The van der Waals surface area contributed by atoms with E-state index in [1.807, 2.05) is 0 Å². The van der Waals surface area contributed by atoms with Gasteiger partial charge in [0.25, 0.3) is 0 Å². The minimum absolute atomic E-state index is 0.0398. The number of hydrogen-bond donors (Lipinski definition) is 3. The summed E-state index contributed by atoms with van der Waals surface area (Å²) < 4.78 is 0. The first-order valence-corrected chi connectivity index (χ1v) is 7.43. The summed E-state index contributed by atoms with van der Waals surface area (Å²) in [5.74, 6) is -0.0617. The molecular weight excluding hydrogens is 268 g/mol. The number of carboxylic acid groups (broad SMARTS) is 1. The van der Waals surface area contributed by atoms with Gasteiger partial charge in [0.15, 0.2) is 0 Å². The summed E-state index contributed by atoms with van der Waals surface area (Å²) in [6, 6.07) is 6.74. The number of carbonyl (C=O) groups is 2. The van der Waals surface area contributed by atoms with Crippen LogP contribution in [0.2, 0.25) is 0 Å². The zero-order valence-electron chi connectivity index (χ0n) is 11.9. The highest BCUT2D eigenvalue weighted by Crippen LogP contribution is 2.60. The molecule has 2 aliphatic rings. The van der Waals surface area contributed by atoms with Gasteiger partial charge >= 0.3 is 12.0 Å². The molecule has 21 heavy (non-hydrogen) atoms. The quantitative estimate of drug-likeness (QED) is 0.753. The van der Waals surface area contributed by atoms with Gasteiger partial charge in [0.2, 0.25) is 0 Å². The number of carboxylic acids is 1. The lowest BCUT2D eigenvalue weighted by Crippen LogP contribution is -2.34. The van der Waals surface area contributed by atoms with Crippen LogP contribution < -0.4 is 10.6 Å². The average molecular weight is 288 g/mol. The van der Waals surface area contributed by atoms with Crippen molar-refractivity contribution >= 4 is 17.7 Å². The highest BCUT2D eigenvalue weighted by molar-refractivity contribution is 5.89. The summed E-state index contributed by atoms with van der Waals surface area (Å²) in [5.41, 5.74) is 1.68. The number of benzene rings is 1. The van der Waals surface area contributed by atoms with Crippen molar-refractivity contribution in [3.8, 4) is 0 Å². The molecule has 2 fully saturated rings. The molecule has 0 radical (unpaired) electrons. The van der Waals surface area contributed by atoms with Crippen LogP contribution in [0.4, 0.5) is 10.5 Å². The summed E-state index contributed by atoms with van der Waals surface area (Å²) in [6.45, 7) is 0.748. The van der Waals surface area contributed by atoms with Crippen LogP contribution in [0, 0.1) is 11.3 Å². The van der Waals surface area contributed by atoms with E-state index in [4.69, 9.17) is 5.11 Å². The van der Waals surface area contributed by atoms with Gasteiger partial charge in [-0.25, -0.2) is 4.79 Å². The van der Waals surface area contributed by atoms with Crippen LogP contribution in [-0.2, 0) is 11.2 Å². The second-order valence-corrected chi connectivity index (χ2v) is 6.22. The molecule has 0 heterocycles. The van der Waals surface area contributed by atoms with Crippen molar-refractivity contribution in [1.29, 1.82) is 0 Å². The van der Waals surface area contributed by atoms with Gasteiger partial charge in [-0.3, -0.25) is 4.79 Å². The fourth-order valence-electron chi connectivity index (χ4n) is 2.95. The first kappa shape index (κ1) is 13.9. The summed E-state index contributed by atoms with van der Waals surface area (Å²) in [5, 5.41) is 14.5. The summed E-state index contributed by atoms with van der Waals surface area (Å²) in [7, 11) is 0. The lowest BCUT2D eigenvalue weighted by atomic mass is 10.0. The average Bonchev–Trinajstić information content (AvgIpc) is 3.28. The lowest BCUT2D eigenvalue weighted by Gasteiger charge is -2.15. The van der Waals surface area contributed by atoms with Crippen molar-refractivity contribution in [3.63, 3.8) is 0 Å². The molecule has 1 aromatic rings. The number of hydrogen-bond acceptors (Lipinski definition) is 2. The van der Waals surface area contributed by atoms with Crippen LogP contribution >= 0.6 is 0 Å². The van der Waals surface area contributed by atoms with Gasteiger partial charge in [0.1, 0.15) is 0 Å². The standard InChI is InChI=1S/C16H20N2O3/c19-14(20)9-11-2-1-3-13(8-11)18-15(21)17-10-16(6-7-16)12-4-5-12/h1-3,8,12H,4-7,9-10H2,(H,19,20)(H2,17,18,21). The summed E-state index contributed by atoms with van der Waals surface area (Å²) in [4.78, 5) is 22.6. The third-order valence-electron chi connectivity index (χ3n) is 4.48. The molecule has 0 saturated heterocycles. The van der Waals surface area contributed by atoms with E-state index >= 15 is 0 Å². The van der Waals surface area contributed by atoms with Crippen LogP contribution in [0.15, 0.2) is 24.3 Å². The van der Waals surface area contributed by atoms with Crippen molar-refractivity contribution in [2.45, 2.75) is 32.1 Å². The van der Waals surface area contributed by atoms with Crippen molar-refractivity contribution in [2.75, 3.05) is 11.9 Å². The normalized spacial score (nSPS) is 18.9. The monoisotopic (exact) mass is 288 g/mol. The lowest BCUT2D eigenvalue weighted by molar-refractivity contribution is -0.136. The van der Waals surface area contributed by atoms with Crippen molar-refractivity contribution in [3.05, 3.63) is 29.8 Å². The van der Waals surface area contributed by atoms with E-state index in [9.17, 15) is 9.59 Å². The molecular formula is C16H20N2O3. The third-order valence-corrected chi connectivity index (χ3v) is 4.48. The zero-order valence-corrected chi connectivity index (χ0v) is 11.9.